The molecule has 0 saturated heterocycles. The molecule has 0 fully saturated rings. The lowest BCUT2D eigenvalue weighted by Gasteiger charge is -2.16. The zero-order valence-electron chi connectivity index (χ0n) is 12.2. The summed E-state index contributed by atoms with van der Waals surface area (Å²) in [5.74, 6) is 0. The molecule has 0 aromatic heterocycles. The normalized spacial score (nSPS) is 12.4. The van der Waals surface area contributed by atoms with Crippen molar-refractivity contribution in [3.05, 3.63) is 67.8 Å². The molecule has 0 nitrogen and oxygen atoms in total. The van der Waals surface area contributed by atoms with Crippen LogP contribution < -0.4 is 0 Å². The highest BCUT2D eigenvalue weighted by molar-refractivity contribution is 14.1. The Morgan fingerprint density at radius 3 is 2.40 bits per heavy atom. The molecule has 0 radical (unpaired) electrons. The van der Waals surface area contributed by atoms with Crippen LogP contribution in [-0.2, 0) is 12.8 Å². The Bertz CT molecular complexity index is 604. The SMILES string of the molecule is CCc1ccc(C(Cl)c2cccc(C)c2I)cc1CC. The van der Waals surface area contributed by atoms with Gasteiger partial charge in [0.25, 0.3) is 0 Å². The van der Waals surface area contributed by atoms with Gasteiger partial charge in [0.05, 0.1) is 5.38 Å². The Labute approximate surface area is 140 Å². The summed E-state index contributed by atoms with van der Waals surface area (Å²) in [6.07, 6.45) is 2.14. The van der Waals surface area contributed by atoms with Crippen LogP contribution in [0.4, 0.5) is 0 Å². The zero-order chi connectivity index (χ0) is 14.7. The van der Waals surface area contributed by atoms with Crippen molar-refractivity contribution in [2.75, 3.05) is 0 Å². The molecule has 0 bridgehead atoms. The van der Waals surface area contributed by atoms with Gasteiger partial charge < -0.3 is 0 Å². The van der Waals surface area contributed by atoms with Crippen molar-refractivity contribution in [3.63, 3.8) is 0 Å². The zero-order valence-corrected chi connectivity index (χ0v) is 15.1. The molecule has 2 aromatic rings. The van der Waals surface area contributed by atoms with Gasteiger partial charge in [-0.25, -0.2) is 0 Å². The maximum absolute atomic E-state index is 6.73. The Morgan fingerprint density at radius 1 is 1.05 bits per heavy atom. The van der Waals surface area contributed by atoms with Crippen LogP contribution in [0.15, 0.2) is 36.4 Å². The minimum Gasteiger partial charge on any atom is -0.113 e. The number of rotatable bonds is 4. The molecule has 0 aliphatic rings. The average molecular weight is 399 g/mol. The van der Waals surface area contributed by atoms with Gasteiger partial charge >= 0.3 is 0 Å². The van der Waals surface area contributed by atoms with Crippen LogP contribution in [-0.4, -0.2) is 0 Å². The van der Waals surface area contributed by atoms with Gasteiger partial charge in [0.15, 0.2) is 0 Å². The molecule has 2 heteroatoms. The number of benzene rings is 2. The lowest BCUT2D eigenvalue weighted by Crippen LogP contribution is -2.00. The number of aryl methyl sites for hydroxylation is 3. The van der Waals surface area contributed by atoms with E-state index in [2.05, 4.69) is 79.8 Å². The Morgan fingerprint density at radius 2 is 1.75 bits per heavy atom. The largest absolute Gasteiger partial charge is 0.113 e. The van der Waals surface area contributed by atoms with Gasteiger partial charge in [0.2, 0.25) is 0 Å². The van der Waals surface area contributed by atoms with Crippen molar-refractivity contribution in [3.8, 4) is 0 Å². The lowest BCUT2D eigenvalue weighted by molar-refractivity contribution is 1.01. The lowest BCUT2D eigenvalue weighted by atomic mass is 9.96. The molecule has 0 saturated carbocycles. The minimum atomic E-state index is -0.0713. The predicted molar refractivity (Wildman–Crippen MR) is 96.8 cm³/mol. The molecule has 0 N–H and O–H groups in total. The summed E-state index contributed by atoms with van der Waals surface area (Å²) < 4.78 is 1.27. The van der Waals surface area contributed by atoms with E-state index in [9.17, 15) is 0 Å². The van der Waals surface area contributed by atoms with Crippen molar-refractivity contribution >= 4 is 34.2 Å². The van der Waals surface area contributed by atoms with Crippen molar-refractivity contribution in [2.45, 2.75) is 39.0 Å². The van der Waals surface area contributed by atoms with E-state index in [1.54, 1.807) is 0 Å². The van der Waals surface area contributed by atoms with Crippen molar-refractivity contribution in [2.24, 2.45) is 0 Å². The smallest absolute Gasteiger partial charge is 0.0845 e. The molecule has 1 unspecified atom stereocenters. The summed E-state index contributed by atoms with van der Waals surface area (Å²) in [4.78, 5) is 0. The molecule has 1 atom stereocenters. The molecule has 0 amide bonds. The van der Waals surface area contributed by atoms with Crippen LogP contribution in [0.25, 0.3) is 0 Å². The van der Waals surface area contributed by atoms with Gasteiger partial charge in [-0.15, -0.1) is 11.6 Å². The Hall–Kier alpha value is -0.540. The number of hydrogen-bond donors (Lipinski definition) is 0. The summed E-state index contributed by atoms with van der Waals surface area (Å²) in [6, 6.07) is 13.0. The van der Waals surface area contributed by atoms with Gasteiger partial charge in [-0.3, -0.25) is 0 Å². The standard InChI is InChI=1S/C18H20ClI/c1-4-13-9-10-15(11-14(13)5-2)17(19)16-8-6-7-12(3)18(16)20/h6-11,17H,4-5H2,1-3H3. The van der Waals surface area contributed by atoms with E-state index in [1.807, 2.05) is 0 Å². The van der Waals surface area contributed by atoms with Crippen LogP contribution in [0.5, 0.6) is 0 Å². The molecule has 2 aromatic carbocycles. The van der Waals surface area contributed by atoms with E-state index >= 15 is 0 Å². The number of hydrogen-bond acceptors (Lipinski definition) is 0. The van der Waals surface area contributed by atoms with Crippen LogP contribution >= 0.6 is 34.2 Å². The second-order valence-electron chi connectivity index (χ2n) is 5.08. The summed E-state index contributed by atoms with van der Waals surface area (Å²) in [5.41, 5.74) is 6.54. The van der Waals surface area contributed by atoms with Crippen molar-refractivity contribution in [1.29, 1.82) is 0 Å². The van der Waals surface area contributed by atoms with E-state index < -0.39 is 0 Å². The molecule has 106 valence electrons. The molecular formula is C18H20ClI. The summed E-state index contributed by atoms with van der Waals surface area (Å²) in [6.45, 7) is 6.54. The highest BCUT2D eigenvalue weighted by atomic mass is 127. The molecular weight excluding hydrogens is 379 g/mol. The first-order valence-electron chi connectivity index (χ1n) is 7.09. The van der Waals surface area contributed by atoms with E-state index in [4.69, 9.17) is 11.6 Å². The fourth-order valence-corrected chi connectivity index (χ4v) is 3.70. The van der Waals surface area contributed by atoms with Gasteiger partial charge in [-0.05, 0) is 70.2 Å². The molecule has 2 rings (SSSR count). The van der Waals surface area contributed by atoms with Gasteiger partial charge in [-0.2, -0.15) is 0 Å². The Kier molecular flexibility index (Phi) is 5.50. The number of halogens is 2. The van der Waals surface area contributed by atoms with Crippen LogP contribution in [0.2, 0.25) is 0 Å². The first-order valence-corrected chi connectivity index (χ1v) is 8.60. The third kappa shape index (κ3) is 3.20. The topological polar surface area (TPSA) is 0 Å². The molecule has 0 aliphatic heterocycles. The molecule has 0 heterocycles. The monoisotopic (exact) mass is 398 g/mol. The first-order chi connectivity index (χ1) is 9.58. The third-order valence-corrected chi connectivity index (χ3v) is 5.74. The van der Waals surface area contributed by atoms with Crippen molar-refractivity contribution < 1.29 is 0 Å². The average Bonchev–Trinajstić information content (AvgIpc) is 2.48. The van der Waals surface area contributed by atoms with Gasteiger partial charge in [-0.1, -0.05) is 50.2 Å². The minimum absolute atomic E-state index is 0.0713. The quantitative estimate of drug-likeness (QED) is 0.434. The van der Waals surface area contributed by atoms with Gasteiger partial charge in [0, 0.05) is 3.57 Å². The molecule has 0 aliphatic carbocycles. The number of alkyl halides is 1. The van der Waals surface area contributed by atoms with E-state index in [-0.39, 0.29) is 5.38 Å². The van der Waals surface area contributed by atoms with E-state index in [0.717, 1.165) is 12.8 Å². The van der Waals surface area contributed by atoms with E-state index in [1.165, 1.54) is 31.4 Å². The summed E-state index contributed by atoms with van der Waals surface area (Å²) in [7, 11) is 0. The second-order valence-corrected chi connectivity index (χ2v) is 6.59. The maximum atomic E-state index is 6.73. The van der Waals surface area contributed by atoms with E-state index in [0.29, 0.717) is 0 Å². The van der Waals surface area contributed by atoms with Crippen LogP contribution in [0, 0.1) is 10.5 Å². The maximum Gasteiger partial charge on any atom is 0.0845 e. The van der Waals surface area contributed by atoms with Crippen LogP contribution in [0.1, 0.15) is 47.0 Å². The van der Waals surface area contributed by atoms with Gasteiger partial charge in [0.1, 0.15) is 0 Å². The highest BCUT2D eigenvalue weighted by Crippen LogP contribution is 2.34. The summed E-state index contributed by atoms with van der Waals surface area (Å²) >= 11 is 9.12. The second kappa shape index (κ2) is 6.95. The Balaban J connectivity index is 2.43. The first kappa shape index (κ1) is 15.8. The predicted octanol–water partition coefficient (Wildman–Crippen LogP) is 6.05. The fraction of sp³-hybridized carbons (Fsp3) is 0.333. The molecule has 20 heavy (non-hydrogen) atoms. The summed E-state index contributed by atoms with van der Waals surface area (Å²) in [5, 5.41) is -0.0713. The van der Waals surface area contributed by atoms with Crippen LogP contribution in [0.3, 0.4) is 0 Å². The fourth-order valence-electron chi connectivity index (χ4n) is 2.52. The third-order valence-electron chi connectivity index (χ3n) is 3.78. The van der Waals surface area contributed by atoms with Crippen molar-refractivity contribution in [1.82, 2.24) is 0 Å². The molecule has 0 spiro atoms. The highest BCUT2D eigenvalue weighted by Gasteiger charge is 2.15.